The number of carbonyl (C=O) groups excluding carboxylic acids is 2. The molecule has 0 heterocycles. The molecular formula is C19H17ClF3NO3. The summed E-state index contributed by atoms with van der Waals surface area (Å²) in [6.07, 6.45) is -4.62. The van der Waals surface area contributed by atoms with Gasteiger partial charge in [0, 0.05) is 17.1 Å². The van der Waals surface area contributed by atoms with Gasteiger partial charge in [0.25, 0.3) is 5.91 Å². The number of amides is 1. The Kier molecular flexibility index (Phi) is 6.49. The van der Waals surface area contributed by atoms with Crippen molar-refractivity contribution in [1.82, 2.24) is 0 Å². The molecule has 2 rings (SSSR count). The van der Waals surface area contributed by atoms with Crippen LogP contribution in [0.5, 0.6) is 0 Å². The van der Waals surface area contributed by atoms with Crippen molar-refractivity contribution in [3.63, 3.8) is 0 Å². The highest BCUT2D eigenvalue weighted by atomic mass is 35.5. The van der Waals surface area contributed by atoms with Gasteiger partial charge in [-0.3, -0.25) is 4.79 Å². The van der Waals surface area contributed by atoms with E-state index in [-0.39, 0.29) is 34.9 Å². The molecule has 1 amide bonds. The number of esters is 1. The van der Waals surface area contributed by atoms with E-state index in [1.54, 1.807) is 26.0 Å². The Hall–Kier alpha value is -2.54. The fraction of sp³-hybridized carbons (Fsp3) is 0.263. The van der Waals surface area contributed by atoms with Crippen LogP contribution in [0, 0.1) is 6.92 Å². The van der Waals surface area contributed by atoms with Crippen LogP contribution in [-0.4, -0.2) is 18.5 Å². The third-order valence-electron chi connectivity index (χ3n) is 3.81. The smallest absolute Gasteiger partial charge is 0.416 e. The minimum atomic E-state index is -4.62. The van der Waals surface area contributed by atoms with E-state index in [9.17, 15) is 22.8 Å². The summed E-state index contributed by atoms with van der Waals surface area (Å²) >= 11 is 5.54. The molecule has 1 N–H and O–H groups in total. The maximum Gasteiger partial charge on any atom is 0.416 e. The summed E-state index contributed by atoms with van der Waals surface area (Å²) in [7, 11) is 0. The zero-order valence-electron chi connectivity index (χ0n) is 14.6. The van der Waals surface area contributed by atoms with Gasteiger partial charge < -0.3 is 10.1 Å². The number of nitrogens with one attached hydrogen (secondary N) is 1. The molecule has 8 heteroatoms. The van der Waals surface area contributed by atoms with Crippen LogP contribution < -0.4 is 5.32 Å². The second-order valence-electron chi connectivity index (χ2n) is 5.71. The lowest BCUT2D eigenvalue weighted by Crippen LogP contribution is -2.16. The molecule has 0 saturated carbocycles. The average molecular weight is 400 g/mol. The molecule has 0 aliphatic carbocycles. The van der Waals surface area contributed by atoms with Gasteiger partial charge in [-0.05, 0) is 49.2 Å². The third-order valence-corrected chi connectivity index (χ3v) is 4.10. The number of alkyl halides is 4. The van der Waals surface area contributed by atoms with Gasteiger partial charge in [-0.15, -0.1) is 11.6 Å². The molecule has 0 spiro atoms. The number of aryl methyl sites for hydroxylation is 1. The summed E-state index contributed by atoms with van der Waals surface area (Å²) in [5.74, 6) is -1.60. The van der Waals surface area contributed by atoms with E-state index in [2.05, 4.69) is 5.32 Å². The fourth-order valence-electron chi connectivity index (χ4n) is 2.43. The Morgan fingerprint density at radius 3 is 2.44 bits per heavy atom. The Bertz CT molecular complexity index is 866. The van der Waals surface area contributed by atoms with Gasteiger partial charge in [0.2, 0.25) is 0 Å². The lowest BCUT2D eigenvalue weighted by atomic mass is 10.0. The minimum Gasteiger partial charge on any atom is -0.462 e. The predicted molar refractivity (Wildman–Crippen MR) is 96.1 cm³/mol. The predicted octanol–water partition coefficient (Wildman–Crippen LogP) is 5.18. The number of hydrogen-bond acceptors (Lipinski definition) is 3. The quantitative estimate of drug-likeness (QED) is 0.556. The van der Waals surface area contributed by atoms with Gasteiger partial charge in [0.15, 0.2) is 0 Å². The normalized spacial score (nSPS) is 11.2. The molecule has 27 heavy (non-hydrogen) atoms. The second kappa shape index (κ2) is 8.43. The van der Waals surface area contributed by atoms with Crippen molar-refractivity contribution in [2.75, 3.05) is 11.9 Å². The molecule has 144 valence electrons. The van der Waals surface area contributed by atoms with Crippen LogP contribution in [0.25, 0.3) is 0 Å². The standard InChI is InChI=1S/C19H17ClF3NO3/c1-3-27-18(26)15-9-14(7-4-11(15)2)24-17(25)12-5-6-13(10-20)16(8-12)19(21,22)23/h4-9H,3,10H2,1-2H3,(H,24,25). The lowest BCUT2D eigenvalue weighted by Gasteiger charge is -2.14. The Morgan fingerprint density at radius 1 is 1.15 bits per heavy atom. The second-order valence-corrected chi connectivity index (χ2v) is 5.97. The van der Waals surface area contributed by atoms with E-state index < -0.39 is 23.6 Å². The van der Waals surface area contributed by atoms with Crippen molar-refractivity contribution in [2.24, 2.45) is 0 Å². The molecule has 0 bridgehead atoms. The third kappa shape index (κ3) is 5.01. The summed E-state index contributed by atoms with van der Waals surface area (Å²) in [6, 6.07) is 7.77. The van der Waals surface area contributed by atoms with Crippen molar-refractivity contribution < 1.29 is 27.5 Å². The minimum absolute atomic E-state index is 0.111. The maximum atomic E-state index is 13.1. The number of rotatable bonds is 5. The van der Waals surface area contributed by atoms with Crippen LogP contribution in [0.3, 0.4) is 0 Å². The van der Waals surface area contributed by atoms with E-state index in [1.165, 1.54) is 18.2 Å². The first kappa shape index (κ1) is 20.8. The van der Waals surface area contributed by atoms with Crippen LogP contribution >= 0.6 is 11.6 Å². The van der Waals surface area contributed by atoms with Crippen LogP contribution in [0.1, 0.15) is 44.3 Å². The Labute approximate surface area is 159 Å². The van der Waals surface area contributed by atoms with E-state index in [0.717, 1.165) is 6.07 Å². The van der Waals surface area contributed by atoms with E-state index in [1.807, 2.05) is 0 Å². The zero-order chi connectivity index (χ0) is 20.2. The first-order valence-electron chi connectivity index (χ1n) is 8.02. The monoisotopic (exact) mass is 399 g/mol. The molecule has 0 aliphatic heterocycles. The first-order valence-corrected chi connectivity index (χ1v) is 8.56. The molecule has 2 aromatic rings. The number of benzene rings is 2. The molecule has 2 aromatic carbocycles. The molecule has 4 nitrogen and oxygen atoms in total. The first-order chi connectivity index (χ1) is 12.7. The number of anilines is 1. The molecule has 0 saturated heterocycles. The van der Waals surface area contributed by atoms with Gasteiger partial charge in [-0.1, -0.05) is 12.1 Å². The summed E-state index contributed by atoms with van der Waals surface area (Å²) in [5.41, 5.74) is -0.0552. The summed E-state index contributed by atoms with van der Waals surface area (Å²) in [6.45, 7) is 3.57. The highest BCUT2D eigenvalue weighted by Crippen LogP contribution is 2.33. The van der Waals surface area contributed by atoms with Crippen molar-refractivity contribution in [1.29, 1.82) is 0 Å². The number of halogens is 4. The van der Waals surface area contributed by atoms with Gasteiger partial charge in [0.05, 0.1) is 17.7 Å². The number of carbonyl (C=O) groups is 2. The molecular weight excluding hydrogens is 383 g/mol. The molecule has 0 atom stereocenters. The molecule has 0 fully saturated rings. The summed E-state index contributed by atoms with van der Waals surface area (Å²) < 4.78 is 44.3. The average Bonchev–Trinajstić information content (AvgIpc) is 2.62. The van der Waals surface area contributed by atoms with Crippen LogP contribution in [0.2, 0.25) is 0 Å². The van der Waals surface area contributed by atoms with Gasteiger partial charge in [-0.25, -0.2) is 4.79 Å². The van der Waals surface area contributed by atoms with Crippen LogP contribution in [-0.2, 0) is 16.8 Å². The largest absolute Gasteiger partial charge is 0.462 e. The van der Waals surface area contributed by atoms with E-state index in [4.69, 9.17) is 16.3 Å². The fourth-order valence-corrected chi connectivity index (χ4v) is 2.66. The number of hydrogen-bond donors (Lipinski definition) is 1. The van der Waals surface area contributed by atoms with E-state index >= 15 is 0 Å². The molecule has 0 aromatic heterocycles. The Balaban J connectivity index is 2.30. The van der Waals surface area contributed by atoms with Crippen molar-refractivity contribution in [2.45, 2.75) is 25.9 Å². The lowest BCUT2D eigenvalue weighted by molar-refractivity contribution is -0.138. The van der Waals surface area contributed by atoms with Gasteiger partial charge in [0.1, 0.15) is 0 Å². The zero-order valence-corrected chi connectivity index (χ0v) is 15.4. The molecule has 0 unspecified atom stereocenters. The van der Waals surface area contributed by atoms with Crippen molar-refractivity contribution in [3.05, 3.63) is 64.2 Å². The van der Waals surface area contributed by atoms with Crippen LogP contribution in [0.15, 0.2) is 36.4 Å². The number of ether oxygens (including phenoxy) is 1. The van der Waals surface area contributed by atoms with Crippen molar-refractivity contribution >= 4 is 29.2 Å². The van der Waals surface area contributed by atoms with Gasteiger partial charge in [-0.2, -0.15) is 13.2 Å². The summed E-state index contributed by atoms with van der Waals surface area (Å²) in [5, 5.41) is 2.49. The van der Waals surface area contributed by atoms with Gasteiger partial charge >= 0.3 is 12.1 Å². The topological polar surface area (TPSA) is 55.4 Å². The Morgan fingerprint density at radius 2 is 1.85 bits per heavy atom. The highest BCUT2D eigenvalue weighted by molar-refractivity contribution is 6.17. The molecule has 0 aliphatic rings. The SMILES string of the molecule is CCOC(=O)c1cc(NC(=O)c2ccc(CCl)c(C(F)(F)F)c2)ccc1C. The van der Waals surface area contributed by atoms with E-state index in [0.29, 0.717) is 5.56 Å². The molecule has 0 radical (unpaired) electrons. The summed E-state index contributed by atoms with van der Waals surface area (Å²) in [4.78, 5) is 24.3. The van der Waals surface area contributed by atoms with Crippen molar-refractivity contribution in [3.8, 4) is 0 Å². The maximum absolute atomic E-state index is 13.1. The highest BCUT2D eigenvalue weighted by Gasteiger charge is 2.33. The van der Waals surface area contributed by atoms with Crippen LogP contribution in [0.4, 0.5) is 18.9 Å².